The van der Waals surface area contributed by atoms with Crippen LogP contribution in [0.2, 0.25) is 0 Å². The third kappa shape index (κ3) is 2.10. The smallest absolute Gasteiger partial charge is 0.354 e. The zero-order valence-electron chi connectivity index (χ0n) is 9.20. The first-order valence-corrected chi connectivity index (χ1v) is 4.98. The maximum atomic E-state index is 11.7. The van der Waals surface area contributed by atoms with Crippen LogP contribution in [0.4, 0.5) is 0 Å². The Morgan fingerprint density at radius 2 is 2.29 bits per heavy atom. The highest BCUT2D eigenvalue weighted by molar-refractivity contribution is 5.85. The molecule has 0 saturated heterocycles. The Morgan fingerprint density at radius 1 is 1.53 bits per heavy atom. The molecule has 0 unspecified atom stereocenters. The number of nitrogens with zero attached hydrogens (tertiary/aromatic N) is 3. The number of aromatic carboxylic acids is 1. The van der Waals surface area contributed by atoms with Gasteiger partial charge in [0.25, 0.3) is 0 Å². The van der Waals surface area contributed by atoms with Crippen molar-refractivity contribution in [1.29, 1.82) is 0 Å². The Balaban J connectivity index is 2.38. The van der Waals surface area contributed by atoms with Gasteiger partial charge in [-0.15, -0.1) is 0 Å². The van der Waals surface area contributed by atoms with E-state index in [0.717, 1.165) is 10.1 Å². The fourth-order valence-electron chi connectivity index (χ4n) is 1.59. The molecule has 2 heterocycles. The summed E-state index contributed by atoms with van der Waals surface area (Å²) in [5, 5.41) is 8.88. The lowest BCUT2D eigenvalue weighted by molar-refractivity contribution is 0.0686. The first-order valence-electron chi connectivity index (χ1n) is 4.98. The number of hydrogen-bond donors (Lipinski definition) is 1. The van der Waals surface area contributed by atoms with E-state index in [1.54, 1.807) is 18.5 Å². The predicted octanol–water partition coefficient (Wildman–Crippen LogP) is 0.328. The van der Waals surface area contributed by atoms with Gasteiger partial charge in [0, 0.05) is 25.6 Å². The standard InChI is InChI=1S/C11H11N3O3/c1-13-9(10(15)16)7-14(11(13)17)6-8-3-2-4-12-5-8/h2-5,7H,6H2,1H3,(H,15,16). The number of carbonyl (C=O) groups is 1. The maximum Gasteiger partial charge on any atom is 0.354 e. The Morgan fingerprint density at radius 3 is 2.82 bits per heavy atom. The summed E-state index contributed by atoms with van der Waals surface area (Å²) in [5.41, 5.74) is 0.460. The summed E-state index contributed by atoms with van der Waals surface area (Å²) in [6, 6.07) is 3.59. The first-order chi connectivity index (χ1) is 8.09. The van der Waals surface area contributed by atoms with Gasteiger partial charge in [-0.1, -0.05) is 6.07 Å². The fraction of sp³-hybridized carbons (Fsp3) is 0.182. The topological polar surface area (TPSA) is 77.1 Å². The number of rotatable bonds is 3. The molecule has 2 aromatic rings. The summed E-state index contributed by atoms with van der Waals surface area (Å²) in [6.07, 6.45) is 4.61. The summed E-state index contributed by atoms with van der Waals surface area (Å²) in [6.45, 7) is 0.313. The Kier molecular flexibility index (Phi) is 2.78. The van der Waals surface area contributed by atoms with Gasteiger partial charge in [0.15, 0.2) is 0 Å². The van der Waals surface area contributed by atoms with Gasteiger partial charge < -0.3 is 5.11 Å². The molecule has 6 nitrogen and oxygen atoms in total. The molecule has 2 aromatic heterocycles. The van der Waals surface area contributed by atoms with Gasteiger partial charge in [-0.2, -0.15) is 0 Å². The van der Waals surface area contributed by atoms with Gasteiger partial charge in [0.1, 0.15) is 5.69 Å². The molecule has 0 fully saturated rings. The average Bonchev–Trinajstić information content (AvgIpc) is 2.59. The van der Waals surface area contributed by atoms with Gasteiger partial charge in [0.05, 0.1) is 6.54 Å². The van der Waals surface area contributed by atoms with Crippen molar-refractivity contribution >= 4 is 5.97 Å². The van der Waals surface area contributed by atoms with Crippen molar-refractivity contribution in [3.63, 3.8) is 0 Å². The molecule has 1 N–H and O–H groups in total. The second-order valence-electron chi connectivity index (χ2n) is 3.65. The van der Waals surface area contributed by atoms with Crippen LogP contribution >= 0.6 is 0 Å². The molecule has 0 radical (unpaired) electrons. The van der Waals surface area contributed by atoms with Crippen LogP contribution in [-0.4, -0.2) is 25.2 Å². The lowest BCUT2D eigenvalue weighted by Gasteiger charge is -1.99. The number of carboxylic acids is 1. The SMILES string of the molecule is Cn1c(C(=O)O)cn(Cc2cccnc2)c1=O. The summed E-state index contributed by atoms with van der Waals surface area (Å²) >= 11 is 0. The third-order valence-corrected chi connectivity index (χ3v) is 2.47. The lowest BCUT2D eigenvalue weighted by atomic mass is 10.3. The number of imidazole rings is 1. The van der Waals surface area contributed by atoms with Crippen LogP contribution in [0.25, 0.3) is 0 Å². The van der Waals surface area contributed by atoms with Crippen molar-refractivity contribution in [2.75, 3.05) is 0 Å². The van der Waals surface area contributed by atoms with Crippen molar-refractivity contribution in [2.45, 2.75) is 6.54 Å². The van der Waals surface area contributed by atoms with Crippen LogP contribution in [0.15, 0.2) is 35.5 Å². The van der Waals surface area contributed by atoms with Crippen LogP contribution in [-0.2, 0) is 13.6 Å². The first kappa shape index (κ1) is 11.1. The zero-order chi connectivity index (χ0) is 12.4. The molecule has 0 spiro atoms. The second-order valence-corrected chi connectivity index (χ2v) is 3.65. The minimum absolute atomic E-state index is 0.0288. The van der Waals surface area contributed by atoms with E-state index in [0.29, 0.717) is 6.54 Å². The molecule has 88 valence electrons. The van der Waals surface area contributed by atoms with Crippen LogP contribution in [0, 0.1) is 0 Å². The highest BCUT2D eigenvalue weighted by Gasteiger charge is 2.13. The monoisotopic (exact) mass is 233 g/mol. The van der Waals surface area contributed by atoms with E-state index >= 15 is 0 Å². The van der Waals surface area contributed by atoms with Crippen molar-refractivity contribution < 1.29 is 9.90 Å². The molecule has 0 aromatic carbocycles. The molecule has 0 saturated carbocycles. The van der Waals surface area contributed by atoms with E-state index < -0.39 is 5.97 Å². The largest absolute Gasteiger partial charge is 0.477 e. The van der Waals surface area contributed by atoms with E-state index in [1.165, 1.54) is 17.8 Å². The molecule has 2 rings (SSSR count). The normalized spacial score (nSPS) is 10.4. The summed E-state index contributed by atoms with van der Waals surface area (Å²) < 4.78 is 2.46. The fourth-order valence-corrected chi connectivity index (χ4v) is 1.59. The highest BCUT2D eigenvalue weighted by atomic mass is 16.4. The lowest BCUT2D eigenvalue weighted by Crippen LogP contribution is -2.23. The molecule has 0 aliphatic heterocycles. The number of hydrogen-bond acceptors (Lipinski definition) is 3. The van der Waals surface area contributed by atoms with Crippen LogP contribution < -0.4 is 5.69 Å². The number of carboxylic acid groups (broad SMARTS) is 1. The molecule has 0 aliphatic rings. The molecule has 0 aliphatic carbocycles. The maximum absolute atomic E-state index is 11.7. The minimum atomic E-state index is -1.12. The van der Waals surface area contributed by atoms with E-state index in [2.05, 4.69) is 4.98 Å². The molecule has 17 heavy (non-hydrogen) atoms. The van der Waals surface area contributed by atoms with Crippen molar-refractivity contribution in [3.05, 3.63) is 52.5 Å². The molecule has 0 atom stereocenters. The van der Waals surface area contributed by atoms with E-state index in [-0.39, 0.29) is 11.4 Å². The molecule has 0 amide bonds. The average molecular weight is 233 g/mol. The third-order valence-electron chi connectivity index (χ3n) is 2.47. The van der Waals surface area contributed by atoms with Crippen LogP contribution in [0.1, 0.15) is 16.1 Å². The van der Waals surface area contributed by atoms with Gasteiger partial charge in [-0.3, -0.25) is 14.1 Å². The summed E-state index contributed by atoms with van der Waals surface area (Å²) in [7, 11) is 1.44. The zero-order valence-corrected chi connectivity index (χ0v) is 9.20. The minimum Gasteiger partial charge on any atom is -0.477 e. The molecule has 6 heteroatoms. The Bertz CT molecular complexity index is 598. The van der Waals surface area contributed by atoms with Gasteiger partial charge >= 0.3 is 11.7 Å². The molecule has 0 bridgehead atoms. The van der Waals surface area contributed by atoms with Gasteiger partial charge in [-0.05, 0) is 11.6 Å². The van der Waals surface area contributed by atoms with Crippen LogP contribution in [0.3, 0.4) is 0 Å². The highest BCUT2D eigenvalue weighted by Crippen LogP contribution is 2.01. The van der Waals surface area contributed by atoms with E-state index in [9.17, 15) is 9.59 Å². The van der Waals surface area contributed by atoms with Gasteiger partial charge in [-0.25, -0.2) is 9.59 Å². The molecular formula is C11H11N3O3. The summed E-state index contributed by atoms with van der Waals surface area (Å²) in [5.74, 6) is -1.12. The quantitative estimate of drug-likeness (QED) is 0.828. The van der Waals surface area contributed by atoms with Gasteiger partial charge in [0.2, 0.25) is 0 Å². The Labute approximate surface area is 96.8 Å². The number of pyridine rings is 1. The van der Waals surface area contributed by atoms with Crippen LogP contribution in [0.5, 0.6) is 0 Å². The van der Waals surface area contributed by atoms with Crippen molar-refractivity contribution in [1.82, 2.24) is 14.1 Å². The molecular weight excluding hydrogens is 222 g/mol. The predicted molar refractivity (Wildman–Crippen MR) is 60.0 cm³/mol. The Hall–Kier alpha value is -2.37. The second kappa shape index (κ2) is 4.25. The summed E-state index contributed by atoms with van der Waals surface area (Å²) in [4.78, 5) is 26.5. The number of aromatic nitrogens is 3. The van der Waals surface area contributed by atoms with Crippen molar-refractivity contribution in [3.8, 4) is 0 Å². The van der Waals surface area contributed by atoms with E-state index in [4.69, 9.17) is 5.11 Å². The van der Waals surface area contributed by atoms with E-state index in [1.807, 2.05) is 6.07 Å². The van der Waals surface area contributed by atoms with Crippen molar-refractivity contribution in [2.24, 2.45) is 7.05 Å².